The van der Waals surface area contributed by atoms with Gasteiger partial charge in [-0.15, -0.1) is 0 Å². The number of aromatic nitrogens is 10. The van der Waals surface area contributed by atoms with Crippen LogP contribution in [0.3, 0.4) is 0 Å². The minimum absolute atomic E-state index is 0.0872. The van der Waals surface area contributed by atoms with E-state index in [9.17, 15) is 52.7 Å². The molecule has 734 valence electrons. The third-order valence-corrected chi connectivity index (χ3v) is 23.6. The van der Waals surface area contributed by atoms with Crippen molar-refractivity contribution in [3.63, 3.8) is 0 Å². The Hall–Kier alpha value is -18.4. The Morgan fingerprint density at radius 2 is 0.634 bits per heavy atom. The summed E-state index contributed by atoms with van der Waals surface area (Å²) in [6.45, 7) is 13.9. The summed E-state index contributed by atoms with van der Waals surface area (Å²) in [5.74, 6) is -1.07. The van der Waals surface area contributed by atoms with Gasteiger partial charge in [-0.1, -0.05) is 54.6 Å². The van der Waals surface area contributed by atoms with Crippen molar-refractivity contribution in [3.05, 3.63) is 421 Å². The lowest BCUT2D eigenvalue weighted by Crippen LogP contribution is -2.44. The zero-order valence-electron chi connectivity index (χ0n) is 80.2. The lowest BCUT2D eigenvalue weighted by Gasteiger charge is -2.34. The van der Waals surface area contributed by atoms with Gasteiger partial charge in [-0.25, -0.2) is 4.79 Å². The average molecular weight is 1940 g/mol. The second kappa shape index (κ2) is 49.4. The second-order valence-electron chi connectivity index (χ2n) is 35.1. The van der Waals surface area contributed by atoms with Gasteiger partial charge in [0.2, 0.25) is 5.91 Å². The molecule has 3 saturated heterocycles. The van der Waals surface area contributed by atoms with Crippen LogP contribution >= 0.6 is 0 Å². The minimum atomic E-state index is -0.639. The number of hydrogen-bond donors (Lipinski definition) is 11. The van der Waals surface area contributed by atoms with E-state index in [0.717, 1.165) is 136 Å². The number of hydrogen-bond acceptors (Lipinski definition) is 22. The number of rotatable bonds is 23. The number of benzene rings is 6. The smallest absolute Gasteiger partial charge is 0.412 e. The second-order valence-corrected chi connectivity index (χ2v) is 35.1. The topological polar surface area (TPSA) is 435 Å². The van der Waals surface area contributed by atoms with E-state index < -0.39 is 23.2 Å². The first-order valence-electron chi connectivity index (χ1n) is 47.2. The molecule has 6 aromatic carbocycles. The maximum absolute atomic E-state index is 12.7. The molecule has 19 rings (SSSR count). The van der Waals surface area contributed by atoms with Crippen molar-refractivity contribution in [1.82, 2.24) is 54.7 Å². The van der Waals surface area contributed by atoms with E-state index >= 15 is 0 Å². The number of H-pyrrole nitrogens is 5. The molecule has 0 atom stereocenters. The zero-order chi connectivity index (χ0) is 101. The van der Waals surface area contributed by atoms with E-state index in [1.807, 2.05) is 140 Å². The molecule has 3 aliphatic heterocycles. The standard InChI is InChI=1S/C25H21N3O3.C22H23N5O2.C22H22N4O4.C22H22N4O2.C21H20N4O2/c29-24(28-22-14-21(16-27-25(22)30)19-10-12-26-13-11-19)15-20-8-4-5-9-23(20)31-17-18-6-2-1-3-7-18;1-26-10-12-27(13-11-26)19-4-2-17(3-5-19)21(28)25-20-14-18(15-24-22(20)29)16-6-8-23-9-7-16;1-22(2,3)30-21(29)25-17-6-4-5-15(11-17)19(27)26-18-12-16(13-24-20(18)28)14-7-9-23-10-8-14;27-21(17-4-6-19(7-5-17)26-12-2-1-3-13-26)25-20-14-18(15-24-22(20)28)16-8-10-23-11-9-16;26-20(16-3-5-18(6-4-16)25-11-1-2-12-25)24-19-13-17(14-23-21(19)27)15-7-9-22-10-8-15/h1-14,16H,15,17H2,(H,27,30)(H,28,29);2-9,14-15H,10-13H2,1H3,(H,24,29)(H,25,28);4-13H,1-3H3,(H,24,28)(H,25,29)(H,26,27);4-11,14-15H,1-3,12-13H2,(H,24,28)(H,25,27);3-10,13-14H,1-2,11-12H2,(H,23,27)(H,24,26). The van der Waals surface area contributed by atoms with Crippen LogP contribution in [0.15, 0.2) is 360 Å². The summed E-state index contributed by atoms with van der Waals surface area (Å²) in [5, 5.41) is 16.1. The number of likely N-dealkylation sites (N-methyl/N-ethyl adjacent to an activating group) is 1. The molecule has 10 aromatic heterocycles. The Kier molecular flexibility index (Phi) is 34.4. The number of para-hydroxylation sites is 1. The normalized spacial score (nSPS) is 12.6. The van der Waals surface area contributed by atoms with Gasteiger partial charge in [0, 0.05) is 224 Å². The first kappa shape index (κ1) is 101. The number of piperidine rings is 1. The molecule has 0 spiro atoms. The van der Waals surface area contributed by atoms with Crippen LogP contribution < -0.4 is 79.1 Å². The molecule has 0 radical (unpaired) electrons. The summed E-state index contributed by atoms with van der Waals surface area (Å²) in [5.41, 5.74) is 14.3. The Bertz CT molecular complexity index is 7430. The van der Waals surface area contributed by atoms with Crippen molar-refractivity contribution in [2.24, 2.45) is 0 Å². The maximum atomic E-state index is 12.7. The van der Waals surface area contributed by atoms with E-state index in [-0.39, 0.29) is 86.3 Å². The van der Waals surface area contributed by atoms with Crippen LogP contribution in [0.1, 0.15) is 105 Å². The average Bonchev–Trinajstić information content (AvgIpc) is 1.46. The van der Waals surface area contributed by atoms with Gasteiger partial charge in [-0.2, -0.15) is 0 Å². The van der Waals surface area contributed by atoms with Gasteiger partial charge in [-0.05, 0) is 281 Å². The number of pyridine rings is 10. The molecule has 33 nitrogen and oxygen atoms in total. The highest BCUT2D eigenvalue weighted by Gasteiger charge is 2.23. The first-order valence-corrected chi connectivity index (χ1v) is 47.2. The molecular formula is C112H108N20O13. The number of amides is 6. The third kappa shape index (κ3) is 29.1. The lowest BCUT2D eigenvalue weighted by atomic mass is 10.1. The Labute approximate surface area is 834 Å². The molecule has 33 heteroatoms. The molecular weight excluding hydrogens is 1830 g/mol. The summed E-state index contributed by atoms with van der Waals surface area (Å²) in [4.78, 5) is 178. The summed E-state index contributed by atoms with van der Waals surface area (Å²) in [7, 11) is 2.12. The van der Waals surface area contributed by atoms with Gasteiger partial charge in [0.05, 0.1) is 6.42 Å². The zero-order valence-corrected chi connectivity index (χ0v) is 80.2. The highest BCUT2D eigenvalue weighted by Crippen LogP contribution is 2.30. The first-order chi connectivity index (χ1) is 70.4. The van der Waals surface area contributed by atoms with Gasteiger partial charge in [-0.3, -0.25) is 78.2 Å². The molecule has 6 amide bonds. The van der Waals surface area contributed by atoms with Crippen LogP contribution in [0.25, 0.3) is 55.6 Å². The molecule has 0 saturated carbocycles. The van der Waals surface area contributed by atoms with Crippen molar-refractivity contribution in [2.75, 3.05) is 106 Å². The van der Waals surface area contributed by atoms with E-state index in [1.165, 1.54) is 38.2 Å². The molecule has 3 aliphatic rings. The van der Waals surface area contributed by atoms with Crippen molar-refractivity contribution in [3.8, 4) is 61.4 Å². The maximum Gasteiger partial charge on any atom is 0.412 e. The van der Waals surface area contributed by atoms with E-state index in [1.54, 1.807) is 211 Å². The molecule has 11 N–H and O–H groups in total. The molecule has 0 bridgehead atoms. The fourth-order valence-electron chi connectivity index (χ4n) is 15.9. The highest BCUT2D eigenvalue weighted by atomic mass is 16.6. The van der Waals surface area contributed by atoms with Crippen LogP contribution in [-0.4, -0.2) is 155 Å². The molecule has 3 fully saturated rings. The van der Waals surface area contributed by atoms with Gasteiger partial charge in [0.25, 0.3) is 51.4 Å². The van der Waals surface area contributed by atoms with Crippen LogP contribution in [0.4, 0.5) is 56.0 Å². The Morgan fingerprint density at radius 1 is 0.317 bits per heavy atom. The number of piperazine rings is 1. The third-order valence-electron chi connectivity index (χ3n) is 23.6. The summed E-state index contributed by atoms with van der Waals surface area (Å²) in [6.07, 6.45) is 30.3. The van der Waals surface area contributed by atoms with Gasteiger partial charge in [0.15, 0.2) is 0 Å². The Balaban J connectivity index is 0.000000136. The molecule has 16 aromatic rings. The molecule has 145 heavy (non-hydrogen) atoms. The van der Waals surface area contributed by atoms with Crippen LogP contribution in [0, 0.1) is 0 Å². The van der Waals surface area contributed by atoms with Gasteiger partial charge < -0.3 is 80.6 Å². The largest absolute Gasteiger partial charge is 0.489 e. The van der Waals surface area contributed by atoms with Gasteiger partial charge >= 0.3 is 6.09 Å². The number of ether oxygens (including phenoxy) is 2. The van der Waals surface area contributed by atoms with Crippen LogP contribution in [0.2, 0.25) is 0 Å². The SMILES string of the molecule is CC(C)(C)OC(=O)Nc1cccc(C(=O)Nc2cc(-c3ccncc3)c[nH]c2=O)c1.CN1CCN(c2ccc(C(=O)Nc3cc(-c4ccncc4)c[nH]c3=O)cc2)CC1.O=C(Cc1ccccc1OCc1ccccc1)Nc1cc(-c2ccncc2)c[nH]c1=O.O=C(Nc1cc(-c2ccncc2)c[nH]c1=O)c1ccc(N2CCCC2)cc1.O=C(Nc1cc(-c2ccncc2)c[nH]c1=O)c1ccc(N2CCCCC2)cc1. The lowest BCUT2D eigenvalue weighted by molar-refractivity contribution is -0.115. The number of carbonyl (C=O) groups is 6. The molecule has 0 unspecified atom stereocenters. The van der Waals surface area contributed by atoms with E-state index in [4.69, 9.17) is 9.47 Å². The summed E-state index contributed by atoms with van der Waals surface area (Å²) < 4.78 is 11.1. The fraction of sp³-hybridized carbons (Fsp3) is 0.179. The van der Waals surface area contributed by atoms with Crippen LogP contribution in [-0.2, 0) is 22.6 Å². The van der Waals surface area contributed by atoms with E-state index in [0.29, 0.717) is 34.7 Å². The monoisotopic (exact) mass is 1940 g/mol. The van der Waals surface area contributed by atoms with Crippen LogP contribution in [0.5, 0.6) is 5.75 Å². The predicted molar refractivity (Wildman–Crippen MR) is 566 cm³/mol. The quantitative estimate of drug-likeness (QED) is 0.0283. The van der Waals surface area contributed by atoms with E-state index in [2.05, 4.69) is 108 Å². The summed E-state index contributed by atoms with van der Waals surface area (Å²) >= 11 is 0. The number of nitrogens with one attached hydrogen (secondary N) is 11. The number of aromatic amines is 5. The Morgan fingerprint density at radius 3 is 0.986 bits per heavy atom. The summed E-state index contributed by atoms with van der Waals surface area (Å²) in [6, 6.07) is 72.7. The molecule has 0 aliphatic carbocycles. The predicted octanol–water partition coefficient (Wildman–Crippen LogP) is 17.6. The van der Waals surface area contributed by atoms with Crippen molar-refractivity contribution in [2.45, 2.75) is 71.5 Å². The number of nitrogens with zero attached hydrogens (tertiary/aromatic N) is 9. The number of carbonyl (C=O) groups excluding carboxylic acids is 6. The van der Waals surface area contributed by atoms with Crippen molar-refractivity contribution < 1.29 is 38.2 Å². The minimum Gasteiger partial charge on any atom is -0.489 e. The van der Waals surface area contributed by atoms with Crippen molar-refractivity contribution >= 4 is 86.8 Å². The fourth-order valence-corrected chi connectivity index (χ4v) is 15.9. The van der Waals surface area contributed by atoms with Gasteiger partial charge in [0.1, 0.15) is 46.4 Å². The molecule has 13 heterocycles. The van der Waals surface area contributed by atoms with Crippen molar-refractivity contribution in [1.29, 1.82) is 0 Å². The highest BCUT2D eigenvalue weighted by molar-refractivity contribution is 6.07. The number of anilines is 9.